The van der Waals surface area contributed by atoms with Gasteiger partial charge in [-0.1, -0.05) is 18.2 Å². The summed E-state index contributed by atoms with van der Waals surface area (Å²) in [4.78, 5) is 20.8. The zero-order valence-corrected chi connectivity index (χ0v) is 14.5. The molecule has 26 heavy (non-hydrogen) atoms. The third-order valence-corrected chi connectivity index (χ3v) is 4.49. The highest BCUT2D eigenvalue weighted by molar-refractivity contribution is 5.81. The summed E-state index contributed by atoms with van der Waals surface area (Å²) in [5.74, 6) is 0.775. The summed E-state index contributed by atoms with van der Waals surface area (Å²) < 4.78 is 5.64. The Morgan fingerprint density at radius 2 is 2.15 bits per heavy atom. The summed E-state index contributed by atoms with van der Waals surface area (Å²) in [6.07, 6.45) is 7.80. The number of fused-ring (bicyclic) bond motifs is 1. The highest BCUT2D eigenvalue weighted by atomic mass is 16.5. The normalized spacial score (nSPS) is 12.7. The highest BCUT2D eigenvalue weighted by Gasteiger charge is 2.18. The molecule has 2 aromatic heterocycles. The van der Waals surface area contributed by atoms with Crippen molar-refractivity contribution in [3.05, 3.63) is 82.5 Å². The number of anilines is 1. The van der Waals surface area contributed by atoms with E-state index < -0.39 is 0 Å². The lowest BCUT2D eigenvalue weighted by atomic mass is 9.99. The maximum atomic E-state index is 11.3. The van der Waals surface area contributed by atoms with Crippen LogP contribution in [0.4, 0.5) is 5.69 Å². The topological polar surface area (TPSA) is 58.2 Å². The van der Waals surface area contributed by atoms with Crippen molar-refractivity contribution in [3.8, 4) is 16.9 Å². The molecule has 1 aliphatic rings. The van der Waals surface area contributed by atoms with Gasteiger partial charge < -0.3 is 14.6 Å². The van der Waals surface area contributed by atoms with Crippen molar-refractivity contribution >= 4 is 11.8 Å². The number of nitrogens with zero attached hydrogens (tertiary/aromatic N) is 2. The highest BCUT2D eigenvalue weighted by Crippen LogP contribution is 2.38. The third kappa shape index (κ3) is 3.11. The summed E-state index contributed by atoms with van der Waals surface area (Å²) in [6.45, 7) is 1.56. The molecule has 0 fully saturated rings. The first-order chi connectivity index (χ1) is 12.7. The number of ether oxygens (including phenoxy) is 1. The second-order valence-corrected chi connectivity index (χ2v) is 6.16. The van der Waals surface area contributed by atoms with Gasteiger partial charge in [-0.3, -0.25) is 9.78 Å². The van der Waals surface area contributed by atoms with E-state index >= 15 is 0 Å². The van der Waals surface area contributed by atoms with Gasteiger partial charge in [0.1, 0.15) is 5.75 Å². The van der Waals surface area contributed by atoms with Gasteiger partial charge in [-0.05, 0) is 29.8 Å². The zero-order valence-electron chi connectivity index (χ0n) is 14.5. The SMILES string of the molecule is COc1cc2c(cc1-c1ccc(=O)[nH]c1)C=CCN2Cc1ccccn1. The van der Waals surface area contributed by atoms with Crippen molar-refractivity contribution in [2.75, 3.05) is 18.6 Å². The summed E-state index contributed by atoms with van der Waals surface area (Å²) in [6, 6.07) is 13.4. The van der Waals surface area contributed by atoms with Crippen LogP contribution < -0.4 is 15.2 Å². The molecular formula is C21H19N3O2. The van der Waals surface area contributed by atoms with E-state index in [2.05, 4.69) is 39.2 Å². The van der Waals surface area contributed by atoms with Gasteiger partial charge >= 0.3 is 0 Å². The van der Waals surface area contributed by atoms with E-state index in [1.165, 1.54) is 6.07 Å². The Balaban J connectivity index is 1.75. The molecule has 1 aliphatic heterocycles. The number of rotatable bonds is 4. The Kier molecular flexibility index (Phi) is 4.27. The first-order valence-electron chi connectivity index (χ1n) is 8.47. The summed E-state index contributed by atoms with van der Waals surface area (Å²) in [5.41, 5.74) is 5.01. The monoisotopic (exact) mass is 345 g/mol. The molecule has 0 saturated carbocycles. The van der Waals surface area contributed by atoms with Crippen LogP contribution in [0.5, 0.6) is 5.75 Å². The second-order valence-electron chi connectivity index (χ2n) is 6.16. The molecule has 0 amide bonds. The van der Waals surface area contributed by atoms with E-state index in [1.54, 1.807) is 19.4 Å². The number of aromatic amines is 1. The van der Waals surface area contributed by atoms with Crippen LogP contribution >= 0.6 is 0 Å². The molecule has 5 heteroatoms. The number of H-pyrrole nitrogens is 1. The molecule has 0 atom stereocenters. The van der Waals surface area contributed by atoms with Crippen molar-refractivity contribution in [2.24, 2.45) is 0 Å². The summed E-state index contributed by atoms with van der Waals surface area (Å²) in [7, 11) is 1.67. The van der Waals surface area contributed by atoms with Crippen LogP contribution in [0, 0.1) is 0 Å². The van der Waals surface area contributed by atoms with Crippen LogP contribution in [0.25, 0.3) is 17.2 Å². The number of hydrogen-bond donors (Lipinski definition) is 1. The van der Waals surface area contributed by atoms with Gasteiger partial charge in [-0.15, -0.1) is 0 Å². The lowest BCUT2D eigenvalue weighted by Gasteiger charge is -2.29. The maximum Gasteiger partial charge on any atom is 0.247 e. The van der Waals surface area contributed by atoms with E-state index in [0.717, 1.165) is 46.9 Å². The number of methoxy groups -OCH3 is 1. The van der Waals surface area contributed by atoms with Gasteiger partial charge in [0, 0.05) is 47.9 Å². The third-order valence-electron chi connectivity index (χ3n) is 4.49. The van der Waals surface area contributed by atoms with Crippen molar-refractivity contribution in [2.45, 2.75) is 6.54 Å². The van der Waals surface area contributed by atoms with Gasteiger partial charge in [-0.2, -0.15) is 0 Å². The minimum atomic E-state index is -0.118. The Bertz CT molecular complexity index is 989. The maximum absolute atomic E-state index is 11.3. The van der Waals surface area contributed by atoms with Gasteiger partial charge in [-0.25, -0.2) is 0 Å². The molecule has 0 spiro atoms. The quantitative estimate of drug-likeness (QED) is 0.786. The van der Waals surface area contributed by atoms with Crippen LogP contribution in [0.3, 0.4) is 0 Å². The molecule has 1 N–H and O–H groups in total. The molecule has 1 aromatic carbocycles. The first kappa shape index (κ1) is 16.1. The van der Waals surface area contributed by atoms with E-state index in [0.29, 0.717) is 0 Å². The number of nitrogens with one attached hydrogen (secondary N) is 1. The lowest BCUT2D eigenvalue weighted by Crippen LogP contribution is -2.26. The Morgan fingerprint density at radius 3 is 2.88 bits per heavy atom. The van der Waals surface area contributed by atoms with E-state index in [9.17, 15) is 4.79 Å². The summed E-state index contributed by atoms with van der Waals surface area (Å²) in [5, 5.41) is 0. The van der Waals surface area contributed by atoms with Gasteiger partial charge in [0.25, 0.3) is 0 Å². The molecule has 0 unspecified atom stereocenters. The Labute approximate surface area is 151 Å². The average Bonchev–Trinajstić information content (AvgIpc) is 2.69. The molecular weight excluding hydrogens is 326 g/mol. The fourth-order valence-corrected chi connectivity index (χ4v) is 3.21. The largest absolute Gasteiger partial charge is 0.496 e. The van der Waals surface area contributed by atoms with E-state index in [-0.39, 0.29) is 5.56 Å². The Morgan fingerprint density at radius 1 is 1.23 bits per heavy atom. The molecule has 5 nitrogen and oxygen atoms in total. The average molecular weight is 345 g/mol. The molecule has 0 bridgehead atoms. The fraction of sp³-hybridized carbons (Fsp3) is 0.143. The lowest BCUT2D eigenvalue weighted by molar-refractivity contribution is 0.416. The first-order valence-corrected chi connectivity index (χ1v) is 8.47. The van der Waals surface area contributed by atoms with Crippen LogP contribution in [0.15, 0.2) is 65.7 Å². The van der Waals surface area contributed by atoms with Crippen molar-refractivity contribution < 1.29 is 4.74 Å². The van der Waals surface area contributed by atoms with Gasteiger partial charge in [0.05, 0.1) is 19.3 Å². The zero-order chi connectivity index (χ0) is 17.9. The minimum absolute atomic E-state index is 0.118. The fourth-order valence-electron chi connectivity index (χ4n) is 3.21. The predicted octanol–water partition coefficient (Wildman–Crippen LogP) is 3.48. The smallest absolute Gasteiger partial charge is 0.247 e. The van der Waals surface area contributed by atoms with Crippen LogP contribution in [-0.4, -0.2) is 23.6 Å². The molecule has 0 aliphatic carbocycles. The number of benzene rings is 1. The molecule has 3 heterocycles. The minimum Gasteiger partial charge on any atom is -0.496 e. The summed E-state index contributed by atoms with van der Waals surface area (Å²) >= 11 is 0. The van der Waals surface area contributed by atoms with Crippen LogP contribution in [-0.2, 0) is 6.54 Å². The standard InChI is InChI=1S/C21H19N3O2/c1-26-20-12-19-15(11-18(20)16-7-8-21(25)23-13-16)5-4-10-24(19)14-17-6-2-3-9-22-17/h2-9,11-13H,10,14H2,1H3,(H,23,25). The molecule has 0 saturated heterocycles. The molecule has 0 radical (unpaired) electrons. The van der Waals surface area contributed by atoms with Crippen molar-refractivity contribution in [1.82, 2.24) is 9.97 Å². The van der Waals surface area contributed by atoms with E-state index in [4.69, 9.17) is 4.74 Å². The van der Waals surface area contributed by atoms with Gasteiger partial charge in [0.2, 0.25) is 5.56 Å². The number of aromatic nitrogens is 2. The van der Waals surface area contributed by atoms with Crippen LogP contribution in [0.2, 0.25) is 0 Å². The van der Waals surface area contributed by atoms with Crippen molar-refractivity contribution in [3.63, 3.8) is 0 Å². The van der Waals surface area contributed by atoms with E-state index in [1.807, 2.05) is 24.4 Å². The van der Waals surface area contributed by atoms with Crippen LogP contribution in [0.1, 0.15) is 11.3 Å². The predicted molar refractivity (Wildman–Crippen MR) is 103 cm³/mol. The molecule has 130 valence electrons. The van der Waals surface area contributed by atoms with Crippen molar-refractivity contribution in [1.29, 1.82) is 0 Å². The molecule has 4 rings (SSSR count). The number of hydrogen-bond acceptors (Lipinski definition) is 4. The second kappa shape index (κ2) is 6.88. The Hall–Kier alpha value is -3.34. The molecule has 3 aromatic rings. The number of pyridine rings is 2. The van der Waals surface area contributed by atoms with Gasteiger partial charge in [0.15, 0.2) is 0 Å².